The lowest BCUT2D eigenvalue weighted by Gasteiger charge is -2.32. The average Bonchev–Trinajstić information content (AvgIpc) is 3.16. The molecule has 0 aromatic heterocycles. The van der Waals surface area contributed by atoms with Gasteiger partial charge in [0.05, 0.1) is 0 Å². The summed E-state index contributed by atoms with van der Waals surface area (Å²) >= 11 is 0. The lowest BCUT2D eigenvalue weighted by atomic mass is 9.90. The van der Waals surface area contributed by atoms with E-state index in [0.717, 1.165) is 62.1 Å². The molecule has 28 heavy (non-hydrogen) atoms. The summed E-state index contributed by atoms with van der Waals surface area (Å²) in [6.45, 7) is 4.00. The number of hydrogen-bond donors (Lipinski definition) is 0. The Morgan fingerprint density at radius 2 is 1.75 bits per heavy atom. The monoisotopic (exact) mass is 376 g/mol. The number of benzene rings is 2. The summed E-state index contributed by atoms with van der Waals surface area (Å²) in [5.74, 6) is 0.898. The molecule has 146 valence electrons. The van der Waals surface area contributed by atoms with Crippen LogP contribution in [-0.4, -0.2) is 36.3 Å². The highest BCUT2D eigenvalue weighted by Gasteiger charge is 2.26. The van der Waals surface area contributed by atoms with Crippen LogP contribution in [0.25, 0.3) is 0 Å². The summed E-state index contributed by atoms with van der Waals surface area (Å²) in [5.41, 5.74) is 4.23. The molecule has 0 unspecified atom stereocenters. The van der Waals surface area contributed by atoms with Gasteiger partial charge in [0.1, 0.15) is 0 Å². The molecule has 2 aromatic rings. The van der Waals surface area contributed by atoms with Crippen LogP contribution in [0.5, 0.6) is 0 Å². The highest BCUT2D eigenvalue weighted by molar-refractivity contribution is 5.97. The van der Waals surface area contributed by atoms with E-state index < -0.39 is 0 Å². The fourth-order valence-electron chi connectivity index (χ4n) is 4.48. The van der Waals surface area contributed by atoms with Gasteiger partial charge in [-0.1, -0.05) is 30.3 Å². The predicted molar refractivity (Wildman–Crippen MR) is 112 cm³/mol. The lowest BCUT2D eigenvalue weighted by molar-refractivity contribution is -0.116. The maximum Gasteiger partial charge on any atom is 0.253 e. The van der Waals surface area contributed by atoms with Gasteiger partial charge in [0.25, 0.3) is 5.91 Å². The zero-order chi connectivity index (χ0) is 19.5. The number of anilines is 1. The maximum atomic E-state index is 12.9. The second-order valence-electron chi connectivity index (χ2n) is 8.02. The number of amides is 2. The molecule has 2 aliphatic heterocycles. The number of hydrogen-bond acceptors (Lipinski definition) is 2. The molecule has 1 fully saturated rings. The van der Waals surface area contributed by atoms with Crippen LogP contribution in [0.15, 0.2) is 48.5 Å². The average molecular weight is 377 g/mol. The second-order valence-corrected chi connectivity index (χ2v) is 8.02. The Labute approximate surface area is 167 Å². The second kappa shape index (κ2) is 8.17. The first-order chi connectivity index (χ1) is 13.6. The Hall–Kier alpha value is -2.62. The minimum atomic E-state index is 0.0652. The molecule has 0 N–H and O–H groups in total. The number of likely N-dealkylation sites (tertiary alicyclic amines) is 1. The zero-order valence-corrected chi connectivity index (χ0v) is 16.6. The minimum absolute atomic E-state index is 0.0652. The lowest BCUT2D eigenvalue weighted by Crippen LogP contribution is -2.38. The summed E-state index contributed by atoms with van der Waals surface area (Å²) < 4.78 is 0. The molecule has 0 spiro atoms. The van der Waals surface area contributed by atoms with E-state index in [1.807, 2.05) is 23.1 Å². The molecule has 2 amide bonds. The molecule has 2 aromatic carbocycles. The van der Waals surface area contributed by atoms with Crippen LogP contribution < -0.4 is 4.90 Å². The van der Waals surface area contributed by atoms with Crippen molar-refractivity contribution in [3.05, 3.63) is 65.2 Å². The number of aryl methyl sites for hydroxylation is 1. The third kappa shape index (κ3) is 3.96. The van der Waals surface area contributed by atoms with E-state index in [1.54, 1.807) is 11.8 Å². The molecule has 2 aliphatic rings. The van der Waals surface area contributed by atoms with Gasteiger partial charge in [-0.2, -0.15) is 0 Å². The fourth-order valence-corrected chi connectivity index (χ4v) is 4.48. The van der Waals surface area contributed by atoms with Gasteiger partial charge in [-0.15, -0.1) is 0 Å². The van der Waals surface area contributed by atoms with E-state index in [2.05, 4.69) is 30.3 Å². The molecule has 2 heterocycles. The van der Waals surface area contributed by atoms with Crippen molar-refractivity contribution in [2.75, 3.05) is 24.5 Å². The van der Waals surface area contributed by atoms with Gasteiger partial charge in [-0.05, 0) is 67.3 Å². The smallest absolute Gasteiger partial charge is 0.253 e. The molecule has 1 saturated heterocycles. The predicted octanol–water partition coefficient (Wildman–Crippen LogP) is 4.08. The van der Waals surface area contributed by atoms with E-state index in [9.17, 15) is 9.59 Å². The van der Waals surface area contributed by atoms with Crippen LogP contribution >= 0.6 is 0 Å². The topological polar surface area (TPSA) is 40.6 Å². The first-order valence-corrected chi connectivity index (χ1v) is 10.4. The van der Waals surface area contributed by atoms with Gasteiger partial charge < -0.3 is 9.80 Å². The van der Waals surface area contributed by atoms with Crippen molar-refractivity contribution in [1.29, 1.82) is 0 Å². The van der Waals surface area contributed by atoms with Gasteiger partial charge in [0.15, 0.2) is 0 Å². The van der Waals surface area contributed by atoms with Crippen LogP contribution in [0, 0.1) is 5.92 Å². The normalized spacial score (nSPS) is 16.9. The van der Waals surface area contributed by atoms with Gasteiger partial charge in [0.2, 0.25) is 5.91 Å². The summed E-state index contributed by atoms with van der Waals surface area (Å²) in [5, 5.41) is 0. The third-order valence-corrected chi connectivity index (χ3v) is 6.19. The molecule has 0 radical (unpaired) electrons. The van der Waals surface area contributed by atoms with E-state index in [4.69, 9.17) is 0 Å². The first kappa shape index (κ1) is 18.7. The van der Waals surface area contributed by atoms with Gasteiger partial charge in [0, 0.05) is 37.8 Å². The van der Waals surface area contributed by atoms with Gasteiger partial charge >= 0.3 is 0 Å². The molecule has 4 heteroatoms. The van der Waals surface area contributed by atoms with E-state index in [-0.39, 0.29) is 11.8 Å². The Bertz CT molecular complexity index is 854. The van der Waals surface area contributed by atoms with Crippen molar-refractivity contribution in [2.24, 2.45) is 5.92 Å². The SMILES string of the molecule is CC(=O)N1CCc2cc(C(=O)N3CCC(CCc4ccccc4)CC3)ccc21. The Morgan fingerprint density at radius 3 is 2.46 bits per heavy atom. The number of carbonyl (C=O) groups is 2. The molecule has 0 aliphatic carbocycles. The number of fused-ring (bicyclic) bond motifs is 1. The molecular formula is C24H28N2O2. The van der Waals surface area contributed by atoms with Crippen LogP contribution in [0.1, 0.15) is 47.7 Å². The molecular weight excluding hydrogens is 348 g/mol. The zero-order valence-electron chi connectivity index (χ0n) is 16.6. The standard InChI is InChI=1S/C24H28N2O2/c1-18(27)26-16-13-21-17-22(9-10-23(21)26)24(28)25-14-11-20(12-15-25)8-7-19-5-3-2-4-6-19/h2-6,9-10,17,20H,7-8,11-16H2,1H3. The largest absolute Gasteiger partial charge is 0.339 e. The first-order valence-electron chi connectivity index (χ1n) is 10.4. The van der Waals surface area contributed by atoms with Crippen molar-refractivity contribution in [3.63, 3.8) is 0 Å². The van der Waals surface area contributed by atoms with Crippen molar-refractivity contribution in [1.82, 2.24) is 4.90 Å². The maximum absolute atomic E-state index is 12.9. The quantitative estimate of drug-likeness (QED) is 0.807. The van der Waals surface area contributed by atoms with Crippen molar-refractivity contribution < 1.29 is 9.59 Å². The summed E-state index contributed by atoms with van der Waals surface area (Å²) in [6, 6.07) is 16.4. The van der Waals surface area contributed by atoms with Crippen LogP contribution in [-0.2, 0) is 17.6 Å². The van der Waals surface area contributed by atoms with Crippen molar-refractivity contribution >= 4 is 17.5 Å². The Balaban J connectivity index is 1.32. The summed E-state index contributed by atoms with van der Waals surface area (Å²) in [6.07, 6.45) is 5.32. The van der Waals surface area contributed by atoms with Gasteiger partial charge in [-0.25, -0.2) is 0 Å². The van der Waals surface area contributed by atoms with Crippen molar-refractivity contribution in [2.45, 2.75) is 39.0 Å². The van der Waals surface area contributed by atoms with Crippen LogP contribution in [0.3, 0.4) is 0 Å². The molecule has 0 bridgehead atoms. The number of piperidine rings is 1. The molecule has 4 nitrogen and oxygen atoms in total. The summed E-state index contributed by atoms with van der Waals surface area (Å²) in [7, 11) is 0. The highest BCUT2D eigenvalue weighted by atomic mass is 16.2. The minimum Gasteiger partial charge on any atom is -0.339 e. The van der Waals surface area contributed by atoms with Crippen LogP contribution in [0.4, 0.5) is 5.69 Å². The van der Waals surface area contributed by atoms with E-state index in [0.29, 0.717) is 5.92 Å². The summed E-state index contributed by atoms with van der Waals surface area (Å²) in [4.78, 5) is 28.4. The fraction of sp³-hybridized carbons (Fsp3) is 0.417. The van der Waals surface area contributed by atoms with E-state index in [1.165, 1.54) is 12.0 Å². The van der Waals surface area contributed by atoms with Crippen LogP contribution in [0.2, 0.25) is 0 Å². The van der Waals surface area contributed by atoms with Crippen molar-refractivity contribution in [3.8, 4) is 0 Å². The Kier molecular flexibility index (Phi) is 5.47. The third-order valence-electron chi connectivity index (χ3n) is 6.19. The number of rotatable bonds is 4. The highest BCUT2D eigenvalue weighted by Crippen LogP contribution is 2.30. The van der Waals surface area contributed by atoms with E-state index >= 15 is 0 Å². The van der Waals surface area contributed by atoms with Gasteiger partial charge in [-0.3, -0.25) is 9.59 Å². The molecule has 4 rings (SSSR count). The molecule has 0 saturated carbocycles. The number of nitrogens with zero attached hydrogens (tertiary/aromatic N) is 2. The molecule has 0 atom stereocenters. The Morgan fingerprint density at radius 1 is 1.00 bits per heavy atom. The number of carbonyl (C=O) groups excluding carboxylic acids is 2.